The van der Waals surface area contributed by atoms with E-state index in [2.05, 4.69) is 35.4 Å². The fraction of sp³-hybridized carbons (Fsp3) is 0.577. The van der Waals surface area contributed by atoms with Crippen LogP contribution in [-0.2, 0) is 24.3 Å². The highest BCUT2D eigenvalue weighted by atomic mass is 16.5. The molecule has 2 aliphatic rings. The number of nitrogens with one attached hydrogen (secondary N) is 1. The number of amides is 3. The van der Waals surface area contributed by atoms with E-state index >= 15 is 0 Å². The standard InChI is InChI=1S/C26H37N5O3/c1-5-26(22-12-14-29(15-13-22)17-21-18-30(6-2)28-19(21)3)24(32)31(25(33)27-26)16-11-20-7-9-23(34-4)10-8-20/h7-10,18,22H,5-6,11-17H2,1-4H3,(H,27,33). The van der Waals surface area contributed by atoms with E-state index in [4.69, 9.17) is 4.74 Å². The first kappa shape index (κ1) is 24.3. The number of aromatic nitrogens is 2. The van der Waals surface area contributed by atoms with Crippen LogP contribution in [0.25, 0.3) is 0 Å². The molecule has 8 heteroatoms. The number of likely N-dealkylation sites (tertiary alicyclic amines) is 1. The molecule has 1 aromatic carbocycles. The maximum atomic E-state index is 13.5. The summed E-state index contributed by atoms with van der Waals surface area (Å²) in [5.41, 5.74) is 2.64. The highest BCUT2D eigenvalue weighted by molar-refractivity contribution is 6.07. The Morgan fingerprint density at radius 1 is 1.15 bits per heavy atom. The lowest BCUT2D eigenvalue weighted by molar-refractivity contribution is -0.134. The maximum absolute atomic E-state index is 13.5. The molecule has 0 bridgehead atoms. The summed E-state index contributed by atoms with van der Waals surface area (Å²) in [5.74, 6) is 0.882. The molecule has 184 valence electrons. The molecule has 2 fully saturated rings. The van der Waals surface area contributed by atoms with Crippen molar-refractivity contribution >= 4 is 11.9 Å². The molecule has 3 amide bonds. The highest BCUT2D eigenvalue weighted by Gasteiger charge is 2.54. The van der Waals surface area contributed by atoms with Gasteiger partial charge < -0.3 is 10.1 Å². The Kier molecular flexibility index (Phi) is 7.26. The van der Waals surface area contributed by atoms with Crippen molar-refractivity contribution in [1.29, 1.82) is 0 Å². The van der Waals surface area contributed by atoms with Crippen LogP contribution in [0.3, 0.4) is 0 Å². The van der Waals surface area contributed by atoms with Gasteiger partial charge in [-0.2, -0.15) is 5.10 Å². The maximum Gasteiger partial charge on any atom is 0.325 e. The molecule has 4 rings (SSSR count). The van der Waals surface area contributed by atoms with Crippen molar-refractivity contribution in [1.82, 2.24) is 24.9 Å². The molecular formula is C26H37N5O3. The van der Waals surface area contributed by atoms with E-state index in [9.17, 15) is 9.59 Å². The lowest BCUT2D eigenvalue weighted by Crippen LogP contribution is -2.55. The third-order valence-electron chi connectivity index (χ3n) is 7.59. The quantitative estimate of drug-likeness (QED) is 0.572. The average molecular weight is 468 g/mol. The number of nitrogens with zero attached hydrogens (tertiary/aromatic N) is 4. The first-order valence-corrected chi connectivity index (χ1v) is 12.4. The minimum absolute atomic E-state index is 0.0629. The van der Waals surface area contributed by atoms with Crippen molar-refractivity contribution in [3.8, 4) is 5.75 Å². The van der Waals surface area contributed by atoms with Crippen LogP contribution < -0.4 is 10.1 Å². The van der Waals surface area contributed by atoms with E-state index in [0.29, 0.717) is 19.4 Å². The lowest BCUT2D eigenvalue weighted by Gasteiger charge is -2.40. The number of carbonyl (C=O) groups excluding carboxylic acids is 2. The Balaban J connectivity index is 1.37. The third kappa shape index (κ3) is 4.69. The van der Waals surface area contributed by atoms with E-state index in [0.717, 1.165) is 56.0 Å². The molecule has 1 aromatic heterocycles. The second kappa shape index (κ2) is 10.2. The number of benzene rings is 1. The van der Waals surface area contributed by atoms with Gasteiger partial charge in [0.25, 0.3) is 5.91 Å². The minimum atomic E-state index is -0.786. The Hall–Kier alpha value is -2.87. The van der Waals surface area contributed by atoms with Gasteiger partial charge in [0.05, 0.1) is 12.8 Å². The van der Waals surface area contributed by atoms with E-state index in [1.165, 1.54) is 10.5 Å². The van der Waals surface area contributed by atoms with Gasteiger partial charge in [-0.1, -0.05) is 19.1 Å². The molecule has 2 aliphatic heterocycles. The van der Waals surface area contributed by atoms with E-state index in [1.54, 1.807) is 7.11 Å². The normalized spacial score (nSPS) is 21.8. The number of hydrogen-bond acceptors (Lipinski definition) is 5. The molecule has 2 saturated heterocycles. The summed E-state index contributed by atoms with van der Waals surface area (Å²) in [5, 5.41) is 7.67. The van der Waals surface area contributed by atoms with Crippen LogP contribution in [0.15, 0.2) is 30.5 Å². The Morgan fingerprint density at radius 2 is 1.85 bits per heavy atom. The number of aryl methyl sites for hydroxylation is 2. The van der Waals surface area contributed by atoms with Gasteiger partial charge in [0.1, 0.15) is 11.3 Å². The van der Waals surface area contributed by atoms with E-state index in [1.807, 2.05) is 35.9 Å². The van der Waals surface area contributed by atoms with Crippen LogP contribution in [-0.4, -0.2) is 63.8 Å². The molecular weight excluding hydrogens is 430 g/mol. The largest absolute Gasteiger partial charge is 0.497 e. The number of piperidine rings is 1. The Bertz CT molecular complexity index is 1010. The van der Waals surface area contributed by atoms with Crippen LogP contribution in [0.5, 0.6) is 5.75 Å². The van der Waals surface area contributed by atoms with Crippen molar-refractivity contribution < 1.29 is 14.3 Å². The van der Waals surface area contributed by atoms with Crippen molar-refractivity contribution in [3.05, 3.63) is 47.3 Å². The van der Waals surface area contributed by atoms with Gasteiger partial charge in [0.2, 0.25) is 0 Å². The number of rotatable bonds is 9. The zero-order valence-corrected chi connectivity index (χ0v) is 20.8. The Morgan fingerprint density at radius 3 is 2.44 bits per heavy atom. The summed E-state index contributed by atoms with van der Waals surface area (Å²) < 4.78 is 7.19. The van der Waals surface area contributed by atoms with Crippen molar-refractivity contribution in [2.75, 3.05) is 26.7 Å². The first-order valence-electron chi connectivity index (χ1n) is 12.4. The predicted molar refractivity (Wildman–Crippen MR) is 131 cm³/mol. The Labute approximate surface area is 202 Å². The molecule has 1 unspecified atom stereocenters. The van der Waals surface area contributed by atoms with Crippen LogP contribution in [0.4, 0.5) is 4.79 Å². The minimum Gasteiger partial charge on any atom is -0.497 e. The van der Waals surface area contributed by atoms with E-state index in [-0.39, 0.29) is 17.9 Å². The number of ether oxygens (including phenoxy) is 1. The molecule has 0 aliphatic carbocycles. The van der Waals surface area contributed by atoms with Crippen LogP contribution in [0.1, 0.15) is 49.9 Å². The fourth-order valence-corrected chi connectivity index (χ4v) is 5.39. The van der Waals surface area contributed by atoms with Gasteiger partial charge in [0.15, 0.2) is 0 Å². The van der Waals surface area contributed by atoms with Crippen LogP contribution >= 0.6 is 0 Å². The van der Waals surface area contributed by atoms with Gasteiger partial charge in [-0.25, -0.2) is 4.79 Å². The van der Waals surface area contributed by atoms with Crippen molar-refractivity contribution in [2.45, 2.75) is 65.1 Å². The smallest absolute Gasteiger partial charge is 0.325 e. The summed E-state index contributed by atoms with van der Waals surface area (Å²) in [6.07, 6.45) is 5.17. The molecule has 2 aromatic rings. The molecule has 8 nitrogen and oxygen atoms in total. The zero-order chi connectivity index (χ0) is 24.3. The molecule has 1 N–H and O–H groups in total. The molecule has 34 heavy (non-hydrogen) atoms. The predicted octanol–water partition coefficient (Wildman–Crippen LogP) is 3.38. The van der Waals surface area contributed by atoms with Gasteiger partial charge in [-0.15, -0.1) is 0 Å². The SMILES string of the molecule is CCn1cc(CN2CCC(C3(CC)NC(=O)N(CCc4ccc(OC)cc4)C3=O)CC2)c(C)n1. The summed E-state index contributed by atoms with van der Waals surface area (Å²) in [6.45, 7) is 10.1. The van der Waals surface area contributed by atoms with Crippen molar-refractivity contribution in [2.24, 2.45) is 5.92 Å². The average Bonchev–Trinajstić information content (AvgIpc) is 3.34. The van der Waals surface area contributed by atoms with Gasteiger partial charge >= 0.3 is 6.03 Å². The number of methoxy groups -OCH3 is 1. The summed E-state index contributed by atoms with van der Waals surface area (Å²) >= 11 is 0. The summed E-state index contributed by atoms with van der Waals surface area (Å²) in [4.78, 5) is 30.2. The van der Waals surface area contributed by atoms with E-state index < -0.39 is 5.54 Å². The molecule has 1 atom stereocenters. The summed E-state index contributed by atoms with van der Waals surface area (Å²) in [7, 11) is 1.64. The third-order valence-corrected chi connectivity index (χ3v) is 7.59. The lowest BCUT2D eigenvalue weighted by atomic mass is 9.75. The fourth-order valence-electron chi connectivity index (χ4n) is 5.39. The van der Waals surface area contributed by atoms with Gasteiger partial charge in [-0.05, 0) is 76.2 Å². The second-order valence-electron chi connectivity index (χ2n) is 9.46. The molecule has 0 saturated carbocycles. The molecule has 0 spiro atoms. The van der Waals surface area contributed by atoms with Crippen molar-refractivity contribution in [3.63, 3.8) is 0 Å². The highest BCUT2D eigenvalue weighted by Crippen LogP contribution is 2.36. The second-order valence-corrected chi connectivity index (χ2v) is 9.46. The molecule has 0 radical (unpaired) electrons. The number of urea groups is 1. The first-order chi connectivity index (χ1) is 16.4. The zero-order valence-electron chi connectivity index (χ0n) is 20.8. The summed E-state index contributed by atoms with van der Waals surface area (Å²) in [6, 6.07) is 7.50. The van der Waals surface area contributed by atoms with Gasteiger partial charge in [-0.3, -0.25) is 19.3 Å². The topological polar surface area (TPSA) is 79.7 Å². The molecule has 3 heterocycles. The number of carbonyl (C=O) groups is 2. The number of imide groups is 1. The van der Waals surface area contributed by atoms with Crippen LogP contribution in [0.2, 0.25) is 0 Å². The number of hydrogen-bond donors (Lipinski definition) is 1. The monoisotopic (exact) mass is 467 g/mol. The van der Waals surface area contributed by atoms with Gasteiger partial charge in [0, 0.05) is 31.4 Å². The van der Waals surface area contributed by atoms with Crippen LogP contribution in [0, 0.1) is 12.8 Å².